The number of benzene rings is 1. The van der Waals surface area contributed by atoms with Crippen molar-refractivity contribution in [2.24, 2.45) is 5.16 Å². The predicted octanol–water partition coefficient (Wildman–Crippen LogP) is 3.10. The van der Waals surface area contributed by atoms with Gasteiger partial charge in [0.2, 0.25) is 5.90 Å². The number of rotatable bonds is 3. The van der Waals surface area contributed by atoms with Crippen LogP contribution in [0.5, 0.6) is 5.75 Å². The molecule has 0 fully saturated rings. The van der Waals surface area contributed by atoms with E-state index in [-0.39, 0.29) is 11.1 Å². The number of pyridine rings is 1. The quantitative estimate of drug-likeness (QED) is 0.796. The van der Waals surface area contributed by atoms with Crippen molar-refractivity contribution in [3.05, 3.63) is 52.6 Å². The Morgan fingerprint density at radius 1 is 1.22 bits per heavy atom. The SMILES string of the molecule is CS(=O)(=O)c1ccc(OC2=NO[C@@H](c3ccc(Br)cc3)C2)cn1. The van der Waals surface area contributed by atoms with Gasteiger partial charge in [-0.25, -0.2) is 13.4 Å². The molecule has 0 radical (unpaired) electrons. The number of hydrogen-bond donors (Lipinski definition) is 0. The summed E-state index contributed by atoms with van der Waals surface area (Å²) in [4.78, 5) is 9.24. The second kappa shape index (κ2) is 6.29. The third kappa shape index (κ3) is 3.89. The molecule has 1 aliphatic rings. The molecule has 1 atom stereocenters. The third-order valence-electron chi connectivity index (χ3n) is 3.21. The number of ether oxygens (including phenoxy) is 1. The van der Waals surface area contributed by atoms with E-state index in [9.17, 15) is 8.42 Å². The van der Waals surface area contributed by atoms with E-state index < -0.39 is 9.84 Å². The molecule has 0 amide bonds. The third-order valence-corrected chi connectivity index (χ3v) is 4.74. The van der Waals surface area contributed by atoms with Gasteiger partial charge in [-0.05, 0) is 29.8 Å². The van der Waals surface area contributed by atoms with Crippen LogP contribution in [0.2, 0.25) is 0 Å². The van der Waals surface area contributed by atoms with E-state index in [0.29, 0.717) is 18.1 Å². The summed E-state index contributed by atoms with van der Waals surface area (Å²) in [6.07, 6.45) is 2.76. The van der Waals surface area contributed by atoms with Gasteiger partial charge in [0.1, 0.15) is 5.75 Å². The largest absolute Gasteiger partial charge is 0.438 e. The molecule has 0 saturated heterocycles. The zero-order valence-corrected chi connectivity index (χ0v) is 14.5. The van der Waals surface area contributed by atoms with Crippen LogP contribution in [0.25, 0.3) is 0 Å². The number of hydrogen-bond acceptors (Lipinski definition) is 6. The van der Waals surface area contributed by atoms with Crippen LogP contribution in [0.3, 0.4) is 0 Å². The summed E-state index contributed by atoms with van der Waals surface area (Å²) in [5.41, 5.74) is 1.00. The Morgan fingerprint density at radius 3 is 2.57 bits per heavy atom. The predicted molar refractivity (Wildman–Crippen MR) is 88.0 cm³/mol. The summed E-state index contributed by atoms with van der Waals surface area (Å²) in [7, 11) is -3.32. The fourth-order valence-electron chi connectivity index (χ4n) is 2.05. The molecule has 3 rings (SSSR count). The topological polar surface area (TPSA) is 77.9 Å². The lowest BCUT2D eigenvalue weighted by Gasteiger charge is -2.08. The first-order valence-electron chi connectivity index (χ1n) is 6.74. The van der Waals surface area contributed by atoms with Gasteiger partial charge in [0.15, 0.2) is 21.0 Å². The molecule has 1 aromatic heterocycles. The maximum absolute atomic E-state index is 11.4. The molecule has 120 valence electrons. The van der Waals surface area contributed by atoms with Crippen LogP contribution in [0.1, 0.15) is 18.1 Å². The van der Waals surface area contributed by atoms with Gasteiger partial charge in [-0.15, -0.1) is 0 Å². The molecule has 23 heavy (non-hydrogen) atoms. The molecule has 0 bridgehead atoms. The monoisotopic (exact) mass is 396 g/mol. The first kappa shape index (κ1) is 15.9. The van der Waals surface area contributed by atoms with E-state index in [4.69, 9.17) is 9.57 Å². The molecule has 0 saturated carbocycles. The Balaban J connectivity index is 1.65. The highest BCUT2D eigenvalue weighted by Crippen LogP contribution is 2.29. The van der Waals surface area contributed by atoms with Crippen LogP contribution >= 0.6 is 15.9 Å². The molecule has 0 unspecified atom stereocenters. The fourth-order valence-corrected chi connectivity index (χ4v) is 2.88. The molecule has 0 spiro atoms. The molecule has 1 aliphatic heterocycles. The molecule has 0 N–H and O–H groups in total. The van der Waals surface area contributed by atoms with Crippen molar-refractivity contribution < 1.29 is 18.0 Å². The van der Waals surface area contributed by atoms with Gasteiger partial charge in [-0.2, -0.15) is 0 Å². The Kier molecular flexibility index (Phi) is 4.36. The van der Waals surface area contributed by atoms with Gasteiger partial charge in [-0.1, -0.05) is 33.2 Å². The standard InChI is InChI=1S/C15H13BrN2O4S/c1-23(19,20)15-7-6-12(9-17-15)21-14-8-13(22-18-14)10-2-4-11(16)5-3-10/h2-7,9,13H,8H2,1H3/t13-/m1/s1. The lowest BCUT2D eigenvalue weighted by atomic mass is 10.1. The van der Waals surface area contributed by atoms with E-state index in [0.717, 1.165) is 16.3 Å². The lowest BCUT2D eigenvalue weighted by molar-refractivity contribution is 0.0855. The average molecular weight is 397 g/mol. The Bertz CT molecular complexity index is 833. The second-order valence-corrected chi connectivity index (χ2v) is 7.92. The van der Waals surface area contributed by atoms with E-state index in [1.165, 1.54) is 12.3 Å². The van der Waals surface area contributed by atoms with E-state index in [1.54, 1.807) is 6.07 Å². The average Bonchev–Trinajstić information content (AvgIpc) is 2.96. The Hall–Kier alpha value is -1.93. The highest BCUT2D eigenvalue weighted by molar-refractivity contribution is 9.10. The van der Waals surface area contributed by atoms with Crippen LogP contribution in [-0.2, 0) is 14.7 Å². The summed E-state index contributed by atoms with van der Waals surface area (Å²) >= 11 is 3.39. The van der Waals surface area contributed by atoms with Crippen molar-refractivity contribution >= 4 is 31.7 Å². The van der Waals surface area contributed by atoms with Gasteiger partial charge >= 0.3 is 0 Å². The van der Waals surface area contributed by atoms with Gasteiger partial charge in [0.05, 0.1) is 12.6 Å². The minimum absolute atomic E-state index is 0.00204. The van der Waals surface area contributed by atoms with Crippen LogP contribution in [-0.4, -0.2) is 25.6 Å². The van der Waals surface area contributed by atoms with Gasteiger partial charge in [-0.3, -0.25) is 0 Å². The van der Waals surface area contributed by atoms with E-state index in [2.05, 4.69) is 26.1 Å². The highest BCUT2D eigenvalue weighted by Gasteiger charge is 2.24. The summed E-state index contributed by atoms with van der Waals surface area (Å²) in [6.45, 7) is 0. The van der Waals surface area contributed by atoms with Crippen molar-refractivity contribution in [3.63, 3.8) is 0 Å². The molecule has 8 heteroatoms. The van der Waals surface area contributed by atoms with Gasteiger partial charge < -0.3 is 9.57 Å². The van der Waals surface area contributed by atoms with Crippen LogP contribution < -0.4 is 4.74 Å². The lowest BCUT2D eigenvalue weighted by Crippen LogP contribution is -2.08. The highest BCUT2D eigenvalue weighted by atomic mass is 79.9. The van der Waals surface area contributed by atoms with Crippen molar-refractivity contribution in [2.75, 3.05) is 6.26 Å². The summed E-state index contributed by atoms with van der Waals surface area (Å²) in [6, 6.07) is 10.7. The summed E-state index contributed by atoms with van der Waals surface area (Å²) in [5.74, 6) is 0.836. The number of nitrogens with zero attached hydrogens (tertiary/aromatic N) is 2. The molecular weight excluding hydrogens is 384 g/mol. The maximum atomic E-state index is 11.4. The molecule has 0 aliphatic carbocycles. The smallest absolute Gasteiger partial charge is 0.235 e. The number of sulfone groups is 1. The first-order chi connectivity index (χ1) is 10.9. The first-order valence-corrected chi connectivity index (χ1v) is 9.42. The zero-order valence-electron chi connectivity index (χ0n) is 12.1. The molecule has 2 aromatic rings. The Morgan fingerprint density at radius 2 is 1.96 bits per heavy atom. The van der Waals surface area contributed by atoms with Crippen molar-refractivity contribution in [1.82, 2.24) is 4.98 Å². The summed E-state index contributed by atoms with van der Waals surface area (Å²) in [5, 5.41) is 3.92. The molecule has 2 heterocycles. The minimum Gasteiger partial charge on any atom is -0.438 e. The van der Waals surface area contributed by atoms with Crippen molar-refractivity contribution in [2.45, 2.75) is 17.6 Å². The zero-order chi connectivity index (χ0) is 16.4. The minimum atomic E-state index is -3.32. The van der Waals surface area contributed by atoms with Gasteiger partial charge in [0.25, 0.3) is 0 Å². The van der Waals surface area contributed by atoms with Crippen molar-refractivity contribution in [1.29, 1.82) is 0 Å². The van der Waals surface area contributed by atoms with E-state index in [1.807, 2.05) is 24.3 Å². The van der Waals surface area contributed by atoms with Gasteiger partial charge in [0, 0.05) is 10.7 Å². The molecular formula is C15H13BrN2O4S. The fraction of sp³-hybridized carbons (Fsp3) is 0.200. The van der Waals surface area contributed by atoms with Crippen LogP contribution in [0, 0.1) is 0 Å². The number of aromatic nitrogens is 1. The number of halogens is 1. The molecule has 6 nitrogen and oxygen atoms in total. The maximum Gasteiger partial charge on any atom is 0.235 e. The normalized spacial score (nSPS) is 17.5. The second-order valence-electron chi connectivity index (χ2n) is 5.04. The van der Waals surface area contributed by atoms with Crippen LogP contribution in [0.15, 0.2) is 57.2 Å². The van der Waals surface area contributed by atoms with Crippen molar-refractivity contribution in [3.8, 4) is 5.75 Å². The Labute approximate surface area is 142 Å². The van der Waals surface area contributed by atoms with E-state index >= 15 is 0 Å². The molecule has 1 aromatic carbocycles. The number of oxime groups is 1. The van der Waals surface area contributed by atoms with Crippen LogP contribution in [0.4, 0.5) is 0 Å². The summed E-state index contributed by atoms with van der Waals surface area (Å²) < 4.78 is 29.3.